The van der Waals surface area contributed by atoms with Crippen molar-refractivity contribution in [3.05, 3.63) is 23.8 Å². The van der Waals surface area contributed by atoms with Crippen LogP contribution in [0.5, 0.6) is 11.5 Å². The maximum absolute atomic E-state index is 12.0. The SMILES string of the molecule is COc1ccc(C(=O)NCC(C)(C)C(C)C)cc1O. The summed E-state index contributed by atoms with van der Waals surface area (Å²) >= 11 is 0. The van der Waals surface area contributed by atoms with E-state index in [0.29, 0.717) is 23.8 Å². The first kappa shape index (κ1) is 15.3. The second-order valence-electron chi connectivity index (χ2n) is 5.71. The molecule has 0 spiro atoms. The monoisotopic (exact) mass is 265 g/mol. The lowest BCUT2D eigenvalue weighted by atomic mass is 9.81. The zero-order chi connectivity index (χ0) is 14.6. The molecule has 0 aliphatic carbocycles. The van der Waals surface area contributed by atoms with Crippen molar-refractivity contribution < 1.29 is 14.6 Å². The second-order valence-corrected chi connectivity index (χ2v) is 5.71. The van der Waals surface area contributed by atoms with Gasteiger partial charge >= 0.3 is 0 Å². The maximum Gasteiger partial charge on any atom is 0.251 e. The van der Waals surface area contributed by atoms with Crippen LogP contribution in [0.2, 0.25) is 0 Å². The van der Waals surface area contributed by atoms with Gasteiger partial charge in [-0.15, -0.1) is 0 Å². The predicted molar refractivity (Wildman–Crippen MR) is 75.6 cm³/mol. The largest absolute Gasteiger partial charge is 0.504 e. The van der Waals surface area contributed by atoms with E-state index in [9.17, 15) is 9.90 Å². The molecule has 0 saturated heterocycles. The Bertz CT molecular complexity index is 453. The molecule has 0 aliphatic heterocycles. The Balaban J connectivity index is 2.72. The third kappa shape index (κ3) is 3.88. The van der Waals surface area contributed by atoms with Crippen LogP contribution in [0.3, 0.4) is 0 Å². The number of carbonyl (C=O) groups is 1. The van der Waals surface area contributed by atoms with Crippen LogP contribution in [-0.4, -0.2) is 24.7 Å². The van der Waals surface area contributed by atoms with Gasteiger partial charge in [0.25, 0.3) is 5.91 Å². The van der Waals surface area contributed by atoms with Crippen LogP contribution < -0.4 is 10.1 Å². The van der Waals surface area contributed by atoms with Gasteiger partial charge in [-0.1, -0.05) is 27.7 Å². The molecule has 0 radical (unpaired) electrons. The standard InChI is InChI=1S/C15H23NO3/c1-10(2)15(3,4)9-16-14(18)11-6-7-13(19-5)12(17)8-11/h6-8,10,17H,9H2,1-5H3,(H,16,18). The van der Waals surface area contributed by atoms with Crippen LogP contribution in [-0.2, 0) is 0 Å². The summed E-state index contributed by atoms with van der Waals surface area (Å²) in [4.78, 5) is 12.0. The molecule has 0 fully saturated rings. The van der Waals surface area contributed by atoms with Crippen molar-refractivity contribution in [1.82, 2.24) is 5.32 Å². The Morgan fingerprint density at radius 1 is 1.42 bits per heavy atom. The number of hydrogen-bond acceptors (Lipinski definition) is 3. The maximum atomic E-state index is 12.0. The number of methoxy groups -OCH3 is 1. The minimum absolute atomic E-state index is 0.0294. The lowest BCUT2D eigenvalue weighted by Gasteiger charge is -2.29. The minimum Gasteiger partial charge on any atom is -0.504 e. The van der Waals surface area contributed by atoms with E-state index in [1.54, 1.807) is 12.1 Å². The Kier molecular flexibility index (Phi) is 4.81. The molecule has 0 atom stereocenters. The van der Waals surface area contributed by atoms with E-state index in [0.717, 1.165) is 0 Å². The zero-order valence-electron chi connectivity index (χ0n) is 12.3. The summed E-state index contributed by atoms with van der Waals surface area (Å²) in [5, 5.41) is 12.5. The first-order valence-electron chi connectivity index (χ1n) is 6.43. The van der Waals surface area contributed by atoms with Crippen LogP contribution in [0.1, 0.15) is 38.1 Å². The van der Waals surface area contributed by atoms with Gasteiger partial charge in [-0.25, -0.2) is 0 Å². The summed E-state index contributed by atoms with van der Waals surface area (Å²) in [6.07, 6.45) is 0. The van der Waals surface area contributed by atoms with E-state index < -0.39 is 0 Å². The highest BCUT2D eigenvalue weighted by molar-refractivity contribution is 5.94. The number of benzene rings is 1. The van der Waals surface area contributed by atoms with Crippen molar-refractivity contribution in [2.75, 3.05) is 13.7 Å². The van der Waals surface area contributed by atoms with E-state index in [-0.39, 0.29) is 17.1 Å². The molecule has 1 amide bonds. The number of phenolic OH excluding ortho intramolecular Hbond substituents is 1. The van der Waals surface area contributed by atoms with Crippen molar-refractivity contribution in [3.8, 4) is 11.5 Å². The number of ether oxygens (including phenoxy) is 1. The fraction of sp³-hybridized carbons (Fsp3) is 0.533. The van der Waals surface area contributed by atoms with Gasteiger partial charge in [-0.3, -0.25) is 4.79 Å². The lowest BCUT2D eigenvalue weighted by molar-refractivity contribution is 0.0924. The highest BCUT2D eigenvalue weighted by Crippen LogP contribution is 2.27. The lowest BCUT2D eigenvalue weighted by Crippen LogP contribution is -2.36. The first-order valence-corrected chi connectivity index (χ1v) is 6.43. The van der Waals surface area contributed by atoms with Gasteiger partial charge in [0.1, 0.15) is 0 Å². The topological polar surface area (TPSA) is 58.6 Å². The van der Waals surface area contributed by atoms with Crippen molar-refractivity contribution >= 4 is 5.91 Å². The first-order chi connectivity index (χ1) is 8.77. The van der Waals surface area contributed by atoms with Gasteiger partial charge in [0.15, 0.2) is 11.5 Å². The molecular weight excluding hydrogens is 242 g/mol. The Labute approximate surface area is 114 Å². The Morgan fingerprint density at radius 3 is 2.53 bits per heavy atom. The summed E-state index contributed by atoms with van der Waals surface area (Å²) in [7, 11) is 1.47. The van der Waals surface area contributed by atoms with Gasteiger partial charge in [0, 0.05) is 12.1 Å². The molecule has 106 valence electrons. The fourth-order valence-electron chi connectivity index (χ4n) is 1.45. The molecular formula is C15H23NO3. The zero-order valence-corrected chi connectivity index (χ0v) is 12.3. The van der Waals surface area contributed by atoms with Gasteiger partial charge in [-0.2, -0.15) is 0 Å². The number of rotatable bonds is 5. The van der Waals surface area contributed by atoms with Crippen LogP contribution >= 0.6 is 0 Å². The molecule has 0 unspecified atom stereocenters. The molecule has 0 saturated carbocycles. The molecule has 4 nitrogen and oxygen atoms in total. The van der Waals surface area contributed by atoms with Gasteiger partial charge < -0.3 is 15.2 Å². The molecule has 1 aromatic carbocycles. The van der Waals surface area contributed by atoms with Gasteiger partial charge in [0.2, 0.25) is 0 Å². The number of amides is 1. The molecule has 0 bridgehead atoms. The summed E-state index contributed by atoms with van der Waals surface area (Å²) in [6.45, 7) is 9.08. The molecule has 0 heterocycles. The third-order valence-corrected chi connectivity index (χ3v) is 3.71. The fourth-order valence-corrected chi connectivity index (χ4v) is 1.45. The van der Waals surface area contributed by atoms with Gasteiger partial charge in [0.05, 0.1) is 7.11 Å². The Hall–Kier alpha value is -1.71. The van der Waals surface area contributed by atoms with Crippen LogP contribution in [0, 0.1) is 11.3 Å². The van der Waals surface area contributed by atoms with Crippen molar-refractivity contribution in [1.29, 1.82) is 0 Å². The van der Waals surface area contributed by atoms with Crippen molar-refractivity contribution in [2.45, 2.75) is 27.7 Å². The molecule has 0 aliphatic rings. The molecule has 0 aromatic heterocycles. The highest BCUT2D eigenvalue weighted by Gasteiger charge is 2.23. The average Bonchev–Trinajstić information content (AvgIpc) is 2.35. The molecule has 19 heavy (non-hydrogen) atoms. The van der Waals surface area contributed by atoms with E-state index in [1.807, 2.05) is 0 Å². The van der Waals surface area contributed by atoms with E-state index in [4.69, 9.17) is 4.74 Å². The van der Waals surface area contributed by atoms with Crippen molar-refractivity contribution in [2.24, 2.45) is 11.3 Å². The summed E-state index contributed by atoms with van der Waals surface area (Å²) in [6, 6.07) is 4.63. The van der Waals surface area contributed by atoms with E-state index in [1.165, 1.54) is 13.2 Å². The molecule has 4 heteroatoms. The van der Waals surface area contributed by atoms with Gasteiger partial charge in [-0.05, 0) is 29.5 Å². The third-order valence-electron chi connectivity index (χ3n) is 3.71. The molecule has 1 aromatic rings. The van der Waals surface area contributed by atoms with Crippen LogP contribution in [0.15, 0.2) is 18.2 Å². The highest BCUT2D eigenvalue weighted by atomic mass is 16.5. The summed E-state index contributed by atoms with van der Waals surface area (Å²) in [5.41, 5.74) is 0.460. The number of hydrogen-bond donors (Lipinski definition) is 2. The predicted octanol–water partition coefficient (Wildman–Crippen LogP) is 2.81. The number of phenols is 1. The number of carbonyl (C=O) groups excluding carboxylic acids is 1. The van der Waals surface area contributed by atoms with Crippen molar-refractivity contribution in [3.63, 3.8) is 0 Å². The quantitative estimate of drug-likeness (QED) is 0.860. The van der Waals surface area contributed by atoms with E-state index >= 15 is 0 Å². The van der Waals surface area contributed by atoms with E-state index in [2.05, 4.69) is 33.0 Å². The van der Waals surface area contributed by atoms with Crippen LogP contribution in [0.4, 0.5) is 0 Å². The smallest absolute Gasteiger partial charge is 0.251 e. The second kappa shape index (κ2) is 5.95. The van der Waals surface area contributed by atoms with Crippen LogP contribution in [0.25, 0.3) is 0 Å². The number of aromatic hydroxyl groups is 1. The summed E-state index contributed by atoms with van der Waals surface area (Å²) < 4.78 is 4.94. The Morgan fingerprint density at radius 2 is 2.05 bits per heavy atom. The normalized spacial score (nSPS) is 11.5. The minimum atomic E-state index is -0.188. The molecule has 2 N–H and O–H groups in total. The number of nitrogens with one attached hydrogen (secondary N) is 1. The summed E-state index contributed by atoms with van der Waals surface area (Å²) in [5.74, 6) is 0.612. The average molecular weight is 265 g/mol. The molecule has 1 rings (SSSR count).